The SMILES string of the molecule is COCC(C)N1CCN(Cc2cn(C)nc2-c2ccccc2)CC1. The van der Waals surface area contributed by atoms with Crippen LogP contribution < -0.4 is 0 Å². The lowest BCUT2D eigenvalue weighted by Crippen LogP contribution is -2.50. The van der Waals surface area contributed by atoms with E-state index in [0.29, 0.717) is 6.04 Å². The highest BCUT2D eigenvalue weighted by Crippen LogP contribution is 2.23. The third-order valence-corrected chi connectivity index (χ3v) is 4.78. The molecule has 0 amide bonds. The van der Waals surface area contributed by atoms with Crippen LogP contribution in [-0.2, 0) is 18.3 Å². The first-order valence-corrected chi connectivity index (χ1v) is 8.70. The predicted molar refractivity (Wildman–Crippen MR) is 96.8 cm³/mol. The molecular formula is C19H28N4O. The van der Waals surface area contributed by atoms with Crippen molar-refractivity contribution in [3.05, 3.63) is 42.1 Å². The number of benzene rings is 1. The molecule has 5 nitrogen and oxygen atoms in total. The monoisotopic (exact) mass is 328 g/mol. The minimum Gasteiger partial charge on any atom is -0.383 e. The van der Waals surface area contributed by atoms with Crippen molar-refractivity contribution >= 4 is 0 Å². The Morgan fingerprint density at radius 1 is 1.12 bits per heavy atom. The summed E-state index contributed by atoms with van der Waals surface area (Å²) in [5.41, 5.74) is 3.61. The van der Waals surface area contributed by atoms with Gasteiger partial charge in [-0.2, -0.15) is 5.10 Å². The van der Waals surface area contributed by atoms with Gasteiger partial charge in [0, 0.05) is 70.2 Å². The van der Waals surface area contributed by atoms with Gasteiger partial charge in [0.05, 0.1) is 12.3 Å². The fourth-order valence-corrected chi connectivity index (χ4v) is 3.44. The summed E-state index contributed by atoms with van der Waals surface area (Å²) in [6.45, 7) is 8.41. The molecule has 1 saturated heterocycles. The molecule has 5 heteroatoms. The quantitative estimate of drug-likeness (QED) is 0.814. The number of hydrogen-bond donors (Lipinski definition) is 0. The molecule has 0 saturated carbocycles. The second-order valence-electron chi connectivity index (χ2n) is 6.66. The standard InChI is InChI=1S/C19H28N4O/c1-16(15-24-3)23-11-9-22(10-12-23)14-18-13-21(2)20-19(18)17-7-5-4-6-8-17/h4-8,13,16H,9-12,14-15H2,1-3H3. The van der Waals surface area contributed by atoms with Gasteiger partial charge in [-0.1, -0.05) is 30.3 Å². The maximum absolute atomic E-state index is 5.28. The molecule has 3 rings (SSSR count). The highest BCUT2D eigenvalue weighted by Gasteiger charge is 2.22. The lowest BCUT2D eigenvalue weighted by atomic mass is 10.1. The van der Waals surface area contributed by atoms with Crippen molar-refractivity contribution in [1.82, 2.24) is 19.6 Å². The summed E-state index contributed by atoms with van der Waals surface area (Å²) in [5.74, 6) is 0. The molecular weight excluding hydrogens is 300 g/mol. The fraction of sp³-hybridized carbons (Fsp3) is 0.526. The van der Waals surface area contributed by atoms with Gasteiger partial charge in [-0.25, -0.2) is 0 Å². The van der Waals surface area contributed by atoms with Crippen LogP contribution in [0.4, 0.5) is 0 Å². The average molecular weight is 328 g/mol. The average Bonchev–Trinajstić information content (AvgIpc) is 2.97. The lowest BCUT2D eigenvalue weighted by Gasteiger charge is -2.37. The number of ether oxygens (including phenoxy) is 1. The normalized spacial score (nSPS) is 18.0. The Bertz CT molecular complexity index is 632. The maximum atomic E-state index is 5.28. The Labute approximate surface area is 144 Å². The van der Waals surface area contributed by atoms with Crippen LogP contribution in [0.25, 0.3) is 11.3 Å². The first-order chi connectivity index (χ1) is 11.7. The summed E-state index contributed by atoms with van der Waals surface area (Å²) >= 11 is 0. The van der Waals surface area contributed by atoms with Crippen LogP contribution in [0, 0.1) is 0 Å². The van der Waals surface area contributed by atoms with Crippen LogP contribution in [0.3, 0.4) is 0 Å². The number of nitrogens with zero attached hydrogens (tertiary/aromatic N) is 4. The molecule has 0 bridgehead atoms. The van der Waals surface area contributed by atoms with Crippen molar-refractivity contribution in [2.24, 2.45) is 7.05 Å². The van der Waals surface area contributed by atoms with Gasteiger partial charge in [-0.15, -0.1) is 0 Å². The van der Waals surface area contributed by atoms with Crippen molar-refractivity contribution < 1.29 is 4.74 Å². The number of rotatable bonds is 6. The summed E-state index contributed by atoms with van der Waals surface area (Å²) in [5, 5.41) is 4.68. The van der Waals surface area contributed by atoms with Crippen LogP contribution in [-0.4, -0.2) is 65.5 Å². The van der Waals surface area contributed by atoms with E-state index in [9.17, 15) is 0 Å². The molecule has 1 aliphatic rings. The van der Waals surface area contributed by atoms with Gasteiger partial charge in [0.1, 0.15) is 0 Å². The molecule has 1 unspecified atom stereocenters. The molecule has 0 aliphatic carbocycles. The summed E-state index contributed by atoms with van der Waals surface area (Å²) in [6.07, 6.45) is 2.16. The van der Waals surface area contributed by atoms with Crippen molar-refractivity contribution in [1.29, 1.82) is 0 Å². The van der Waals surface area contributed by atoms with Gasteiger partial charge in [-0.05, 0) is 6.92 Å². The molecule has 1 aliphatic heterocycles. The van der Waals surface area contributed by atoms with Crippen LogP contribution in [0.1, 0.15) is 12.5 Å². The Morgan fingerprint density at radius 2 is 1.83 bits per heavy atom. The molecule has 0 N–H and O–H groups in total. The second kappa shape index (κ2) is 7.92. The van der Waals surface area contributed by atoms with E-state index in [1.807, 2.05) is 17.8 Å². The number of hydrogen-bond acceptors (Lipinski definition) is 4. The fourth-order valence-electron chi connectivity index (χ4n) is 3.44. The van der Waals surface area contributed by atoms with Crippen LogP contribution >= 0.6 is 0 Å². The summed E-state index contributed by atoms with van der Waals surface area (Å²) < 4.78 is 7.21. The molecule has 130 valence electrons. The number of aromatic nitrogens is 2. The zero-order chi connectivity index (χ0) is 16.9. The minimum atomic E-state index is 0.496. The highest BCUT2D eigenvalue weighted by molar-refractivity contribution is 5.62. The topological polar surface area (TPSA) is 33.5 Å². The van der Waals surface area contributed by atoms with E-state index in [1.165, 1.54) is 11.1 Å². The van der Waals surface area contributed by atoms with E-state index in [2.05, 4.69) is 52.3 Å². The van der Waals surface area contributed by atoms with Crippen molar-refractivity contribution in [2.45, 2.75) is 19.5 Å². The smallest absolute Gasteiger partial charge is 0.0968 e. The third kappa shape index (κ3) is 4.04. The summed E-state index contributed by atoms with van der Waals surface area (Å²) in [4.78, 5) is 5.04. The van der Waals surface area contributed by atoms with Gasteiger partial charge < -0.3 is 4.74 Å². The van der Waals surface area contributed by atoms with Gasteiger partial charge >= 0.3 is 0 Å². The van der Waals surface area contributed by atoms with E-state index in [4.69, 9.17) is 4.74 Å². The molecule has 1 aromatic carbocycles. The molecule has 2 heterocycles. The van der Waals surface area contributed by atoms with Crippen molar-refractivity contribution in [2.75, 3.05) is 39.9 Å². The van der Waals surface area contributed by atoms with E-state index < -0.39 is 0 Å². The van der Waals surface area contributed by atoms with E-state index in [-0.39, 0.29) is 0 Å². The number of aryl methyl sites for hydroxylation is 1. The Balaban J connectivity index is 1.64. The number of piperazine rings is 1. The molecule has 1 atom stereocenters. The molecule has 1 fully saturated rings. The van der Waals surface area contributed by atoms with Crippen LogP contribution in [0.5, 0.6) is 0 Å². The zero-order valence-electron chi connectivity index (χ0n) is 15.0. The second-order valence-corrected chi connectivity index (χ2v) is 6.66. The molecule has 0 spiro atoms. The van der Waals surface area contributed by atoms with E-state index in [0.717, 1.165) is 45.0 Å². The first kappa shape index (κ1) is 17.1. The predicted octanol–water partition coefficient (Wildman–Crippen LogP) is 2.24. The Kier molecular flexibility index (Phi) is 5.66. The maximum Gasteiger partial charge on any atom is 0.0968 e. The third-order valence-electron chi connectivity index (χ3n) is 4.78. The molecule has 2 aromatic rings. The van der Waals surface area contributed by atoms with Gasteiger partial charge in [0.25, 0.3) is 0 Å². The Hall–Kier alpha value is -1.69. The largest absolute Gasteiger partial charge is 0.383 e. The summed E-state index contributed by atoms with van der Waals surface area (Å²) in [6, 6.07) is 11.0. The van der Waals surface area contributed by atoms with Gasteiger partial charge in [0.2, 0.25) is 0 Å². The molecule has 1 aromatic heterocycles. The minimum absolute atomic E-state index is 0.496. The molecule has 24 heavy (non-hydrogen) atoms. The van der Waals surface area contributed by atoms with Crippen molar-refractivity contribution in [3.63, 3.8) is 0 Å². The van der Waals surface area contributed by atoms with Crippen LogP contribution in [0.2, 0.25) is 0 Å². The first-order valence-electron chi connectivity index (χ1n) is 8.70. The Morgan fingerprint density at radius 3 is 2.50 bits per heavy atom. The highest BCUT2D eigenvalue weighted by atomic mass is 16.5. The lowest BCUT2D eigenvalue weighted by molar-refractivity contribution is 0.0550. The van der Waals surface area contributed by atoms with Gasteiger partial charge in [-0.3, -0.25) is 14.5 Å². The van der Waals surface area contributed by atoms with Crippen LogP contribution in [0.15, 0.2) is 36.5 Å². The van der Waals surface area contributed by atoms with Gasteiger partial charge in [0.15, 0.2) is 0 Å². The number of methoxy groups -OCH3 is 1. The zero-order valence-corrected chi connectivity index (χ0v) is 15.0. The van der Waals surface area contributed by atoms with E-state index in [1.54, 1.807) is 7.11 Å². The summed E-state index contributed by atoms with van der Waals surface area (Å²) in [7, 11) is 3.78. The molecule has 0 radical (unpaired) electrons. The van der Waals surface area contributed by atoms with Crippen molar-refractivity contribution in [3.8, 4) is 11.3 Å². The van der Waals surface area contributed by atoms with E-state index >= 15 is 0 Å².